The van der Waals surface area contributed by atoms with Crippen molar-refractivity contribution in [1.82, 2.24) is 9.97 Å². The molecule has 8 nitrogen and oxygen atoms in total. The first-order chi connectivity index (χ1) is 13.5. The molecule has 0 bridgehead atoms. The van der Waals surface area contributed by atoms with E-state index in [1.165, 1.54) is 12.1 Å². The molecule has 0 saturated carbocycles. The molecule has 1 aromatic heterocycles. The molecule has 0 saturated heterocycles. The van der Waals surface area contributed by atoms with Crippen LogP contribution in [0.2, 0.25) is 0 Å². The van der Waals surface area contributed by atoms with Crippen LogP contribution in [0.1, 0.15) is 5.56 Å². The number of benzene rings is 3. The lowest BCUT2D eigenvalue weighted by Crippen LogP contribution is -2.00. The molecule has 0 aliphatic heterocycles. The van der Waals surface area contributed by atoms with E-state index in [2.05, 4.69) is 9.97 Å². The predicted octanol–water partition coefficient (Wildman–Crippen LogP) is 3.23. The third kappa shape index (κ3) is 2.72. The summed E-state index contributed by atoms with van der Waals surface area (Å²) in [7, 11) is -9.13. The van der Waals surface area contributed by atoms with Crippen molar-refractivity contribution < 1.29 is 25.9 Å². The van der Waals surface area contributed by atoms with Gasteiger partial charge in [-0.15, -0.1) is 0 Å². The summed E-state index contributed by atoms with van der Waals surface area (Å²) in [4.78, 5) is 8.41. The maximum atomic E-state index is 11.8. The van der Waals surface area contributed by atoms with Crippen molar-refractivity contribution >= 4 is 42.0 Å². The third-order valence-electron chi connectivity index (χ3n) is 4.92. The molecule has 1 aliphatic carbocycles. The second-order valence-electron chi connectivity index (χ2n) is 6.90. The Labute approximate surface area is 165 Å². The van der Waals surface area contributed by atoms with Crippen molar-refractivity contribution in [3.8, 4) is 22.5 Å². The molecule has 29 heavy (non-hydrogen) atoms. The highest BCUT2D eigenvalue weighted by atomic mass is 32.2. The van der Waals surface area contributed by atoms with Gasteiger partial charge in [0.2, 0.25) is 0 Å². The van der Waals surface area contributed by atoms with Crippen LogP contribution in [0.4, 0.5) is 0 Å². The van der Waals surface area contributed by atoms with Crippen molar-refractivity contribution in [1.29, 1.82) is 0 Å². The van der Waals surface area contributed by atoms with Gasteiger partial charge in [0.25, 0.3) is 20.2 Å². The molecule has 4 aromatic rings. The molecule has 0 spiro atoms. The fourth-order valence-corrected chi connectivity index (χ4v) is 4.76. The largest absolute Gasteiger partial charge is 0.294 e. The molecular formula is C19H12N2O6S2. The third-order valence-corrected chi connectivity index (χ3v) is 6.58. The van der Waals surface area contributed by atoms with Crippen molar-refractivity contribution in [2.45, 2.75) is 16.7 Å². The normalized spacial score (nSPS) is 13.2. The second kappa shape index (κ2) is 5.57. The molecule has 0 atom stereocenters. The number of rotatable bonds is 2. The van der Waals surface area contributed by atoms with Gasteiger partial charge in [0.05, 0.1) is 32.2 Å². The summed E-state index contributed by atoms with van der Waals surface area (Å²) in [6, 6.07) is 10.4. The molecule has 3 aromatic carbocycles. The smallest absolute Gasteiger partial charge is 0.282 e. The molecule has 0 fully saturated rings. The molecule has 1 heterocycles. The van der Waals surface area contributed by atoms with E-state index in [4.69, 9.17) is 0 Å². The number of hydrogen-bond acceptors (Lipinski definition) is 6. The molecular weight excluding hydrogens is 416 g/mol. The Balaban J connectivity index is 1.99. The summed E-state index contributed by atoms with van der Waals surface area (Å²) in [5.74, 6) is 0. The maximum absolute atomic E-state index is 11.8. The van der Waals surface area contributed by atoms with Gasteiger partial charge in [-0.25, -0.2) is 9.97 Å². The molecule has 5 rings (SSSR count). The second-order valence-corrected chi connectivity index (χ2v) is 9.75. The van der Waals surface area contributed by atoms with Gasteiger partial charge in [0.1, 0.15) is 0 Å². The van der Waals surface area contributed by atoms with E-state index in [1.807, 2.05) is 19.1 Å². The topological polar surface area (TPSA) is 135 Å². The van der Waals surface area contributed by atoms with Crippen molar-refractivity contribution in [3.63, 3.8) is 0 Å². The summed E-state index contributed by atoms with van der Waals surface area (Å²) >= 11 is 0. The average molecular weight is 428 g/mol. The Morgan fingerprint density at radius 2 is 1.24 bits per heavy atom. The van der Waals surface area contributed by atoms with E-state index in [-0.39, 0.29) is 5.39 Å². The Hall–Kier alpha value is -2.92. The molecule has 0 unspecified atom stereocenters. The van der Waals surface area contributed by atoms with Gasteiger partial charge >= 0.3 is 0 Å². The first kappa shape index (κ1) is 18.1. The van der Waals surface area contributed by atoms with E-state index < -0.39 is 30.0 Å². The quantitative estimate of drug-likeness (QED) is 0.409. The van der Waals surface area contributed by atoms with Gasteiger partial charge in [0, 0.05) is 16.5 Å². The van der Waals surface area contributed by atoms with E-state index in [9.17, 15) is 25.9 Å². The monoisotopic (exact) mass is 428 g/mol. The maximum Gasteiger partial charge on any atom is 0.294 e. The summed E-state index contributed by atoms with van der Waals surface area (Å²) in [5.41, 5.74) is 3.72. The van der Waals surface area contributed by atoms with Crippen LogP contribution in [0.5, 0.6) is 0 Å². The van der Waals surface area contributed by atoms with Crippen LogP contribution in [-0.4, -0.2) is 35.9 Å². The van der Waals surface area contributed by atoms with Crippen LogP contribution in [0.25, 0.3) is 44.3 Å². The van der Waals surface area contributed by atoms with E-state index >= 15 is 0 Å². The Bertz CT molecular complexity index is 1600. The lowest BCUT2D eigenvalue weighted by Gasteiger charge is -2.07. The van der Waals surface area contributed by atoms with Crippen LogP contribution >= 0.6 is 0 Å². The molecule has 2 N–H and O–H groups in total. The Morgan fingerprint density at radius 1 is 0.724 bits per heavy atom. The van der Waals surface area contributed by atoms with Gasteiger partial charge in [-0.05, 0) is 54.3 Å². The fourth-order valence-electron chi connectivity index (χ4n) is 3.67. The lowest BCUT2D eigenvalue weighted by atomic mass is 10.0. The predicted molar refractivity (Wildman–Crippen MR) is 106 cm³/mol. The van der Waals surface area contributed by atoms with E-state index in [0.717, 1.165) is 17.7 Å². The summed E-state index contributed by atoms with van der Waals surface area (Å²) in [5, 5.41) is 0.770. The highest BCUT2D eigenvalue weighted by Gasteiger charge is 2.29. The highest BCUT2D eigenvalue weighted by Crippen LogP contribution is 2.47. The summed E-state index contributed by atoms with van der Waals surface area (Å²) < 4.78 is 66.1. The van der Waals surface area contributed by atoms with E-state index in [1.54, 1.807) is 6.07 Å². The van der Waals surface area contributed by atoms with Gasteiger partial charge in [-0.3, -0.25) is 9.11 Å². The van der Waals surface area contributed by atoms with Crippen LogP contribution < -0.4 is 0 Å². The Kier molecular flexibility index (Phi) is 3.48. The minimum absolute atomic E-state index is 0.222. The zero-order chi connectivity index (χ0) is 20.7. The molecule has 1 aliphatic rings. The number of hydrogen-bond donors (Lipinski definition) is 2. The number of aryl methyl sites for hydroxylation is 1. The van der Waals surface area contributed by atoms with Crippen LogP contribution in [0.15, 0.2) is 52.3 Å². The van der Waals surface area contributed by atoms with E-state index in [0.29, 0.717) is 38.9 Å². The first-order valence-corrected chi connectivity index (χ1v) is 11.3. The molecule has 146 valence electrons. The van der Waals surface area contributed by atoms with Gasteiger partial charge in [-0.1, -0.05) is 6.07 Å². The van der Waals surface area contributed by atoms with Crippen LogP contribution in [0, 0.1) is 6.92 Å². The van der Waals surface area contributed by atoms with Gasteiger partial charge < -0.3 is 0 Å². The number of fused-ring (bicyclic) bond motifs is 4. The minimum atomic E-state index is -4.56. The minimum Gasteiger partial charge on any atom is -0.282 e. The molecule has 10 heteroatoms. The van der Waals surface area contributed by atoms with Crippen molar-refractivity contribution in [2.75, 3.05) is 0 Å². The van der Waals surface area contributed by atoms with Crippen molar-refractivity contribution in [2.24, 2.45) is 0 Å². The standard InChI is InChI=1S/C19H12N2O6S2/c1-9-2-3-15-16(4-9)21-19-14-8-12(29(25,26)27)6-10-5-11(28(22,23)24)7-13(17(10)14)18(19)20-15/h2-8H,1H3,(H,22,23,24)(H,25,26,27). The van der Waals surface area contributed by atoms with Crippen LogP contribution in [0.3, 0.4) is 0 Å². The first-order valence-electron chi connectivity index (χ1n) is 8.38. The zero-order valence-corrected chi connectivity index (χ0v) is 16.4. The fraction of sp³-hybridized carbons (Fsp3) is 0.0526. The highest BCUT2D eigenvalue weighted by molar-refractivity contribution is 7.86. The SMILES string of the molecule is Cc1ccc2nc3c(nc2c1)-c1cc(S(=O)(=O)O)cc2cc(S(=O)(=O)O)cc-3c12. The van der Waals surface area contributed by atoms with Gasteiger partial charge in [-0.2, -0.15) is 16.8 Å². The molecule has 0 amide bonds. The van der Waals surface area contributed by atoms with Gasteiger partial charge in [0.15, 0.2) is 0 Å². The Morgan fingerprint density at radius 3 is 1.76 bits per heavy atom. The molecule has 0 radical (unpaired) electrons. The average Bonchev–Trinajstić information content (AvgIpc) is 2.93. The summed E-state index contributed by atoms with van der Waals surface area (Å²) in [6.07, 6.45) is 0. The number of nitrogens with zero attached hydrogens (tertiary/aromatic N) is 2. The zero-order valence-electron chi connectivity index (χ0n) is 14.8. The summed E-state index contributed by atoms with van der Waals surface area (Å²) in [6.45, 7) is 1.90. The lowest BCUT2D eigenvalue weighted by molar-refractivity contribution is 0.481. The van der Waals surface area contributed by atoms with Crippen LogP contribution in [-0.2, 0) is 20.2 Å². The van der Waals surface area contributed by atoms with Crippen molar-refractivity contribution in [3.05, 3.63) is 48.0 Å². The number of aromatic nitrogens is 2.